The van der Waals surface area contributed by atoms with E-state index in [1.165, 1.54) is 20.8 Å². The zero-order valence-corrected chi connectivity index (χ0v) is 17.1. The predicted molar refractivity (Wildman–Crippen MR) is 105 cm³/mol. The van der Waals surface area contributed by atoms with E-state index in [2.05, 4.69) is 15.4 Å². The van der Waals surface area contributed by atoms with E-state index in [9.17, 15) is 32.9 Å². The highest BCUT2D eigenvalue weighted by molar-refractivity contribution is 7.21. The van der Waals surface area contributed by atoms with Crippen LogP contribution in [0.2, 0.25) is 0 Å². The van der Waals surface area contributed by atoms with Gasteiger partial charge >= 0.3 is 11.9 Å². The van der Waals surface area contributed by atoms with Gasteiger partial charge in [0.1, 0.15) is 33.3 Å². The summed E-state index contributed by atoms with van der Waals surface area (Å²) >= 11 is 0.626. The van der Waals surface area contributed by atoms with E-state index in [4.69, 9.17) is 5.73 Å². The van der Waals surface area contributed by atoms with E-state index >= 15 is 0 Å². The first kappa shape index (κ1) is 22.1. The van der Waals surface area contributed by atoms with Gasteiger partial charge in [-0.1, -0.05) is 0 Å². The summed E-state index contributed by atoms with van der Waals surface area (Å²) in [6, 6.07) is 0.805. The van der Waals surface area contributed by atoms with Crippen LogP contribution in [0.3, 0.4) is 0 Å². The second kappa shape index (κ2) is 7.61. The van der Waals surface area contributed by atoms with Gasteiger partial charge in [-0.2, -0.15) is 18.3 Å². The van der Waals surface area contributed by atoms with Crippen LogP contribution in [0.15, 0.2) is 6.07 Å². The van der Waals surface area contributed by atoms with E-state index in [-0.39, 0.29) is 43.4 Å². The fourth-order valence-electron chi connectivity index (χ4n) is 3.14. The van der Waals surface area contributed by atoms with Crippen LogP contribution in [0.5, 0.6) is 0 Å². The molecule has 3 aromatic heterocycles. The van der Waals surface area contributed by atoms with Crippen molar-refractivity contribution in [3.8, 4) is 0 Å². The molecule has 0 aliphatic rings. The van der Waals surface area contributed by atoms with Crippen LogP contribution >= 0.6 is 11.3 Å². The SMILES string of the molecule is Cc1nn(CC(=O)Nc2c(C(N)=O)sc3nc(C(F)(F)F)cc(C)c23)c(C)c1[N+](=O)[O-]. The van der Waals surface area contributed by atoms with Gasteiger partial charge < -0.3 is 11.1 Å². The van der Waals surface area contributed by atoms with Crippen LogP contribution in [0.1, 0.15) is 32.3 Å². The lowest BCUT2D eigenvalue weighted by Gasteiger charge is -2.10. The minimum Gasteiger partial charge on any atom is -0.365 e. The van der Waals surface area contributed by atoms with Gasteiger partial charge in [0.25, 0.3) is 5.91 Å². The molecule has 0 unspecified atom stereocenters. The van der Waals surface area contributed by atoms with Gasteiger partial charge in [0.2, 0.25) is 5.91 Å². The second-order valence-electron chi connectivity index (χ2n) is 6.66. The lowest BCUT2D eigenvalue weighted by molar-refractivity contribution is -0.386. The third-order valence-electron chi connectivity index (χ3n) is 4.46. The molecule has 0 fully saturated rings. The van der Waals surface area contributed by atoms with Gasteiger partial charge in [-0.25, -0.2) is 4.98 Å². The van der Waals surface area contributed by atoms with Crippen LogP contribution in [-0.4, -0.2) is 31.5 Å². The van der Waals surface area contributed by atoms with Gasteiger partial charge in [-0.05, 0) is 32.4 Å². The zero-order chi connectivity index (χ0) is 23.2. The van der Waals surface area contributed by atoms with Crippen molar-refractivity contribution in [3.63, 3.8) is 0 Å². The average Bonchev–Trinajstić information content (AvgIpc) is 3.12. The molecule has 0 bridgehead atoms. The molecule has 0 spiro atoms. The van der Waals surface area contributed by atoms with E-state index in [0.717, 1.165) is 10.7 Å². The summed E-state index contributed by atoms with van der Waals surface area (Å²) in [5.41, 5.74) is 4.31. The molecule has 0 radical (unpaired) electrons. The first-order valence-corrected chi connectivity index (χ1v) is 9.42. The molecule has 10 nitrogen and oxygen atoms in total. The molecule has 0 aliphatic carbocycles. The number of nitro groups is 1. The lowest BCUT2D eigenvalue weighted by atomic mass is 10.1. The molecule has 31 heavy (non-hydrogen) atoms. The van der Waals surface area contributed by atoms with E-state index in [0.29, 0.717) is 11.3 Å². The number of hydrogen-bond donors (Lipinski definition) is 2. The molecule has 3 heterocycles. The number of rotatable bonds is 5. The fourth-order valence-corrected chi connectivity index (χ4v) is 4.20. The third-order valence-corrected chi connectivity index (χ3v) is 5.56. The Hall–Kier alpha value is -3.55. The Morgan fingerprint density at radius 2 is 1.97 bits per heavy atom. The molecule has 3 N–H and O–H groups in total. The Labute approximate surface area is 176 Å². The number of hydrogen-bond acceptors (Lipinski definition) is 7. The summed E-state index contributed by atoms with van der Waals surface area (Å²) in [4.78, 5) is 38.2. The van der Waals surface area contributed by atoms with E-state index in [1.807, 2.05) is 0 Å². The van der Waals surface area contributed by atoms with Gasteiger partial charge in [0.15, 0.2) is 0 Å². The number of nitrogens with one attached hydrogen (secondary N) is 1. The van der Waals surface area contributed by atoms with Crippen molar-refractivity contribution in [1.29, 1.82) is 0 Å². The second-order valence-corrected chi connectivity index (χ2v) is 7.65. The fraction of sp³-hybridized carbons (Fsp3) is 0.294. The number of halogens is 3. The van der Waals surface area contributed by atoms with E-state index < -0.39 is 35.2 Å². The van der Waals surface area contributed by atoms with Crippen LogP contribution in [0.4, 0.5) is 24.5 Å². The molecule has 2 amide bonds. The van der Waals surface area contributed by atoms with Crippen LogP contribution in [0.25, 0.3) is 10.2 Å². The number of fused-ring (bicyclic) bond motifs is 1. The molecule has 0 atom stereocenters. The third kappa shape index (κ3) is 4.05. The Bertz CT molecular complexity index is 1250. The normalized spacial score (nSPS) is 11.7. The van der Waals surface area contributed by atoms with Crippen molar-refractivity contribution < 1.29 is 27.7 Å². The summed E-state index contributed by atoms with van der Waals surface area (Å²) in [5.74, 6) is -1.66. The Kier molecular flexibility index (Phi) is 5.43. The van der Waals surface area contributed by atoms with Crippen molar-refractivity contribution in [1.82, 2.24) is 14.8 Å². The summed E-state index contributed by atoms with van der Waals surface area (Å²) < 4.78 is 40.3. The smallest absolute Gasteiger partial charge is 0.365 e. The number of amides is 2. The summed E-state index contributed by atoms with van der Waals surface area (Å²) in [6.45, 7) is 3.80. The Morgan fingerprint density at radius 1 is 1.32 bits per heavy atom. The number of pyridine rings is 1. The largest absolute Gasteiger partial charge is 0.433 e. The number of nitrogens with two attached hydrogens (primary N) is 1. The maximum Gasteiger partial charge on any atom is 0.433 e. The van der Waals surface area contributed by atoms with E-state index in [1.54, 1.807) is 0 Å². The number of thiophene rings is 1. The number of aryl methyl sites for hydroxylation is 2. The summed E-state index contributed by atoms with van der Waals surface area (Å²) in [7, 11) is 0. The minimum absolute atomic E-state index is 0.0627. The molecule has 0 aliphatic heterocycles. The molecule has 3 rings (SSSR count). The molecule has 14 heteroatoms. The molecular weight excluding hydrogens is 441 g/mol. The van der Waals surface area contributed by atoms with Crippen molar-refractivity contribution in [2.24, 2.45) is 5.73 Å². The van der Waals surface area contributed by atoms with Crippen molar-refractivity contribution in [3.05, 3.63) is 43.7 Å². The molecular formula is C17H15F3N6O4S. The molecule has 164 valence electrons. The Morgan fingerprint density at radius 3 is 2.48 bits per heavy atom. The number of carbonyl (C=O) groups is 2. The quantitative estimate of drug-likeness (QED) is 0.446. The van der Waals surface area contributed by atoms with Gasteiger partial charge in [-0.15, -0.1) is 11.3 Å². The molecule has 0 saturated carbocycles. The average molecular weight is 456 g/mol. The standard InChI is InChI=1S/C17H15F3N6O4S/c1-6-4-9(17(18,19)20)22-16-11(6)12(14(31-16)15(21)28)23-10(27)5-25-8(3)13(26(29)30)7(2)24-25/h4H,5H2,1-3H3,(H2,21,28)(H,23,27). The topological polar surface area (TPSA) is 146 Å². The molecule has 0 saturated heterocycles. The highest BCUT2D eigenvalue weighted by Crippen LogP contribution is 2.39. The number of aromatic nitrogens is 3. The molecule has 3 aromatic rings. The first-order chi connectivity index (χ1) is 14.3. The Balaban J connectivity index is 2.02. The van der Waals surface area contributed by atoms with Crippen molar-refractivity contribution in [2.75, 3.05) is 5.32 Å². The number of carbonyl (C=O) groups excluding carboxylic acids is 2. The van der Waals surface area contributed by atoms with Crippen molar-refractivity contribution in [2.45, 2.75) is 33.5 Å². The highest BCUT2D eigenvalue weighted by atomic mass is 32.1. The maximum absolute atomic E-state index is 13.1. The van der Waals surface area contributed by atoms with Crippen LogP contribution < -0.4 is 11.1 Å². The molecule has 0 aromatic carbocycles. The number of anilines is 1. The van der Waals surface area contributed by atoms with Gasteiger partial charge in [-0.3, -0.25) is 24.4 Å². The number of alkyl halides is 3. The predicted octanol–water partition coefficient (Wildman–Crippen LogP) is 3.08. The summed E-state index contributed by atoms with van der Waals surface area (Å²) in [5, 5.41) is 17.7. The first-order valence-electron chi connectivity index (χ1n) is 8.60. The minimum atomic E-state index is -4.69. The number of nitrogens with zero attached hydrogens (tertiary/aromatic N) is 4. The van der Waals surface area contributed by atoms with Crippen molar-refractivity contribution >= 4 is 44.7 Å². The van der Waals surface area contributed by atoms with Gasteiger partial charge in [0, 0.05) is 5.39 Å². The maximum atomic E-state index is 13.1. The lowest BCUT2D eigenvalue weighted by Crippen LogP contribution is -2.22. The zero-order valence-electron chi connectivity index (χ0n) is 16.3. The van der Waals surface area contributed by atoms with Gasteiger partial charge in [0.05, 0.1) is 10.6 Å². The van der Waals surface area contributed by atoms with Crippen LogP contribution in [0, 0.1) is 30.9 Å². The van der Waals surface area contributed by atoms with Crippen LogP contribution in [-0.2, 0) is 17.5 Å². The number of primary amides is 1. The summed E-state index contributed by atoms with van der Waals surface area (Å²) in [6.07, 6.45) is -4.69. The highest BCUT2D eigenvalue weighted by Gasteiger charge is 2.34. The monoisotopic (exact) mass is 456 g/mol.